The number of benzene rings is 1. The van der Waals surface area contributed by atoms with E-state index in [-0.39, 0.29) is 17.4 Å². The lowest BCUT2D eigenvalue weighted by Crippen LogP contribution is -2.42. The van der Waals surface area contributed by atoms with Gasteiger partial charge >= 0.3 is 0 Å². The molecule has 0 spiro atoms. The number of hydrogen-bond acceptors (Lipinski definition) is 6. The number of carbonyl (C=O) groups is 1. The average molecular weight is 419 g/mol. The van der Waals surface area contributed by atoms with Gasteiger partial charge < -0.3 is 9.47 Å². The predicted octanol–water partition coefficient (Wildman–Crippen LogP) is 2.61. The van der Waals surface area contributed by atoms with Crippen molar-refractivity contribution in [3.05, 3.63) is 47.6 Å². The van der Waals surface area contributed by atoms with Gasteiger partial charge in [-0.15, -0.1) is 10.2 Å². The van der Waals surface area contributed by atoms with Gasteiger partial charge in [-0.3, -0.25) is 4.79 Å². The largest absolute Gasteiger partial charge is 0.306 e. The molecule has 1 saturated carbocycles. The molecule has 2 heterocycles. The first-order valence-corrected chi connectivity index (χ1v) is 12.0. The molecule has 0 unspecified atom stereocenters. The van der Waals surface area contributed by atoms with E-state index in [0.29, 0.717) is 11.6 Å². The number of para-hydroxylation sites is 1. The number of aromatic nitrogens is 3. The third-order valence-electron chi connectivity index (χ3n) is 4.87. The van der Waals surface area contributed by atoms with Gasteiger partial charge in [-0.2, -0.15) is 0 Å². The highest BCUT2D eigenvalue weighted by Gasteiger charge is 2.32. The third kappa shape index (κ3) is 4.00. The topological polar surface area (TPSA) is 85.2 Å². The lowest BCUT2D eigenvalue weighted by molar-refractivity contribution is -0.116. The van der Waals surface area contributed by atoms with Crippen molar-refractivity contribution in [2.45, 2.75) is 43.4 Å². The van der Waals surface area contributed by atoms with Crippen LogP contribution in [0.15, 0.2) is 47.0 Å². The normalized spacial score (nSPS) is 20.4. The maximum Gasteiger partial charge on any atom is 0.238 e. The van der Waals surface area contributed by atoms with Gasteiger partial charge in [-0.1, -0.05) is 30.0 Å². The van der Waals surface area contributed by atoms with Crippen molar-refractivity contribution in [3.8, 4) is 0 Å². The third-order valence-corrected chi connectivity index (χ3v) is 7.20. The van der Waals surface area contributed by atoms with Gasteiger partial charge in [0.2, 0.25) is 5.91 Å². The summed E-state index contributed by atoms with van der Waals surface area (Å²) in [6.07, 6.45) is 3.88. The highest BCUT2D eigenvalue weighted by Crippen LogP contribution is 2.40. The molecular formula is C19H22N4O3S2. The van der Waals surface area contributed by atoms with Gasteiger partial charge in [0.05, 0.1) is 17.5 Å². The van der Waals surface area contributed by atoms with Crippen LogP contribution in [0.4, 0.5) is 5.69 Å². The van der Waals surface area contributed by atoms with Gasteiger partial charge in [0.25, 0.3) is 0 Å². The maximum atomic E-state index is 13.1. The zero-order valence-electron chi connectivity index (χ0n) is 15.6. The van der Waals surface area contributed by atoms with Gasteiger partial charge in [0, 0.05) is 23.6 Å². The fourth-order valence-corrected chi connectivity index (χ4v) is 5.51. The molecular weight excluding hydrogens is 396 g/mol. The van der Waals surface area contributed by atoms with Gasteiger partial charge in [-0.25, -0.2) is 8.42 Å². The lowest BCUT2D eigenvalue weighted by Gasteiger charge is -2.27. The number of anilines is 1. The zero-order valence-corrected chi connectivity index (χ0v) is 17.2. The van der Waals surface area contributed by atoms with Gasteiger partial charge in [0.1, 0.15) is 5.82 Å². The molecule has 7 nitrogen and oxygen atoms in total. The van der Waals surface area contributed by atoms with Crippen LogP contribution in [-0.2, 0) is 21.2 Å². The smallest absolute Gasteiger partial charge is 0.238 e. The summed E-state index contributed by atoms with van der Waals surface area (Å²) in [6, 6.07) is 8.69. The van der Waals surface area contributed by atoms with Crippen LogP contribution in [0, 0.1) is 0 Å². The second-order valence-corrected chi connectivity index (χ2v) is 9.85. The molecule has 1 amide bonds. The summed E-state index contributed by atoms with van der Waals surface area (Å²) in [5, 5.41) is 10.5. The quantitative estimate of drug-likeness (QED) is 0.643. The zero-order chi connectivity index (χ0) is 19.7. The first-order chi connectivity index (χ1) is 13.5. The van der Waals surface area contributed by atoms with Crippen molar-refractivity contribution >= 4 is 33.2 Å². The molecule has 148 valence electrons. The number of thioether (sulfide) groups is 1. The van der Waals surface area contributed by atoms with E-state index in [1.165, 1.54) is 17.2 Å². The monoisotopic (exact) mass is 418 g/mol. The minimum atomic E-state index is -3.27. The first kappa shape index (κ1) is 19.2. The minimum Gasteiger partial charge on any atom is -0.306 e. The Morgan fingerprint density at radius 2 is 2.00 bits per heavy atom. The lowest BCUT2D eigenvalue weighted by atomic mass is 10.2. The molecule has 1 aliphatic carbocycles. The molecule has 1 fully saturated rings. The number of amides is 1. The number of sulfone groups is 1. The number of hydrogen-bond donors (Lipinski definition) is 0. The molecule has 0 bridgehead atoms. The Morgan fingerprint density at radius 1 is 1.25 bits per heavy atom. The van der Waals surface area contributed by atoms with Crippen molar-refractivity contribution < 1.29 is 13.2 Å². The Bertz CT molecular complexity index is 997. The van der Waals surface area contributed by atoms with Crippen molar-refractivity contribution in [2.24, 2.45) is 0 Å². The highest BCUT2D eigenvalue weighted by molar-refractivity contribution is 7.99. The van der Waals surface area contributed by atoms with Crippen molar-refractivity contribution in [1.82, 2.24) is 14.8 Å². The number of carbonyl (C=O) groups excluding carboxylic acids is 1. The van der Waals surface area contributed by atoms with Crippen LogP contribution in [0.1, 0.15) is 31.5 Å². The van der Waals surface area contributed by atoms with E-state index in [4.69, 9.17) is 0 Å². The Balaban J connectivity index is 1.53. The van der Waals surface area contributed by atoms with Gasteiger partial charge in [0.15, 0.2) is 15.0 Å². The summed E-state index contributed by atoms with van der Waals surface area (Å²) in [6.45, 7) is 2.81. The van der Waals surface area contributed by atoms with E-state index < -0.39 is 15.9 Å². The van der Waals surface area contributed by atoms with Crippen LogP contribution in [0.3, 0.4) is 0 Å². The van der Waals surface area contributed by atoms with Crippen LogP contribution >= 0.6 is 11.8 Å². The minimum absolute atomic E-state index is 0.0880. The summed E-state index contributed by atoms with van der Waals surface area (Å²) in [7, 11) is -3.27. The van der Waals surface area contributed by atoms with E-state index in [1.54, 1.807) is 11.0 Å². The molecule has 28 heavy (non-hydrogen) atoms. The van der Waals surface area contributed by atoms with E-state index in [1.807, 2.05) is 37.3 Å². The van der Waals surface area contributed by atoms with Crippen molar-refractivity contribution in [1.29, 1.82) is 0 Å². The molecule has 2 aliphatic rings. The summed E-state index contributed by atoms with van der Waals surface area (Å²) in [5.41, 5.74) is 0.690. The summed E-state index contributed by atoms with van der Waals surface area (Å²) in [5.74, 6) is 1.42. The van der Waals surface area contributed by atoms with Gasteiger partial charge in [-0.05, 0) is 38.0 Å². The Morgan fingerprint density at radius 3 is 2.61 bits per heavy atom. The fraction of sp³-hybridized carbons (Fsp3) is 0.421. The Labute approximate surface area is 168 Å². The van der Waals surface area contributed by atoms with Crippen molar-refractivity contribution in [3.63, 3.8) is 0 Å². The number of rotatable bonds is 7. The first-order valence-electron chi connectivity index (χ1n) is 9.32. The van der Waals surface area contributed by atoms with Crippen LogP contribution in [0.2, 0.25) is 0 Å². The molecule has 0 radical (unpaired) electrons. The van der Waals surface area contributed by atoms with Crippen LogP contribution in [-0.4, -0.2) is 46.6 Å². The van der Waals surface area contributed by atoms with E-state index >= 15 is 0 Å². The molecule has 1 atom stereocenters. The highest BCUT2D eigenvalue weighted by atomic mass is 32.2. The predicted molar refractivity (Wildman–Crippen MR) is 109 cm³/mol. The van der Waals surface area contributed by atoms with Crippen LogP contribution in [0.25, 0.3) is 0 Å². The molecule has 0 N–H and O–H groups in total. The van der Waals surface area contributed by atoms with Crippen molar-refractivity contribution in [2.75, 3.05) is 16.4 Å². The fourth-order valence-electron chi connectivity index (χ4n) is 3.37. The summed E-state index contributed by atoms with van der Waals surface area (Å²) in [4.78, 5) is 14.7. The summed E-state index contributed by atoms with van der Waals surface area (Å²) >= 11 is 1.35. The molecule has 2 aromatic rings. The van der Waals surface area contributed by atoms with E-state index in [2.05, 4.69) is 14.8 Å². The molecule has 1 aromatic heterocycles. The second kappa shape index (κ2) is 7.71. The standard InChI is InChI=1S/C19H22N4O3S2/c1-2-22-18(14-8-9-14)20-21-19(22)27-12-17(24)23(15-6-4-3-5-7-15)16-10-11-28(25,26)13-16/h3-7,10-11,14,16H,2,8-9,12-13H2,1H3/t16-/m1/s1. The maximum absolute atomic E-state index is 13.1. The van der Waals surface area contributed by atoms with Crippen LogP contribution < -0.4 is 4.90 Å². The molecule has 1 aromatic carbocycles. The molecule has 9 heteroatoms. The number of nitrogens with zero attached hydrogens (tertiary/aromatic N) is 4. The van der Waals surface area contributed by atoms with Crippen LogP contribution in [0.5, 0.6) is 0 Å². The Kier molecular flexibility index (Phi) is 5.29. The van der Waals surface area contributed by atoms with E-state index in [9.17, 15) is 13.2 Å². The SMILES string of the molecule is CCn1c(SCC(=O)N(c2ccccc2)[C@@H]2C=CS(=O)(=O)C2)nnc1C1CC1. The Hall–Kier alpha value is -2.13. The summed E-state index contributed by atoms with van der Waals surface area (Å²) < 4.78 is 25.8. The molecule has 4 rings (SSSR count). The second-order valence-electron chi connectivity index (χ2n) is 6.97. The van der Waals surface area contributed by atoms with E-state index in [0.717, 1.165) is 30.4 Å². The average Bonchev–Trinajstić information content (AvgIpc) is 3.35. The molecule has 0 saturated heterocycles. The molecule has 1 aliphatic heterocycles.